The van der Waals surface area contributed by atoms with Crippen molar-refractivity contribution in [1.82, 2.24) is 9.55 Å². The van der Waals surface area contributed by atoms with Crippen molar-refractivity contribution in [3.05, 3.63) is 205 Å². The third kappa shape index (κ3) is 7.91. The minimum Gasteiger partial charge on any atom is -0.326 e. The minimum atomic E-state index is -0.255. The Labute approximate surface area is 334 Å². The van der Waals surface area contributed by atoms with Gasteiger partial charge in [-0.2, -0.15) is 0 Å². The molecule has 0 fully saturated rings. The normalized spacial score (nSPS) is 12.3. The standard InChI is InChI=1S/C38H27N3.C7H12N2.C7H8/c39-24-25-12-14-27(15-13-25)36-32(19-16-28-8-6-22-40-38(28)36)29-18-20-34-33(23-29)37-31-11-5-4-7-26(31)17-21-35(37)41(34)30-9-2-1-3-10-30;8-7(9)6-4-2-1-3-5-6;1-7-5-3-2-4-6-7/h1-23H,24,39H2;1-2,4,7H,3,5,8-9H2;2-6H,1H3. The highest BCUT2D eigenvalue weighted by molar-refractivity contribution is 6.22. The van der Waals surface area contributed by atoms with Gasteiger partial charge in [0.2, 0.25) is 0 Å². The van der Waals surface area contributed by atoms with Crippen LogP contribution in [0.1, 0.15) is 24.0 Å². The molecule has 0 unspecified atom stereocenters. The van der Waals surface area contributed by atoms with E-state index in [0.29, 0.717) is 6.54 Å². The first-order chi connectivity index (χ1) is 28.0. The van der Waals surface area contributed by atoms with Crippen LogP contribution in [0.3, 0.4) is 0 Å². The largest absolute Gasteiger partial charge is 0.326 e. The summed E-state index contributed by atoms with van der Waals surface area (Å²) in [5.41, 5.74) is 29.6. The molecule has 0 bridgehead atoms. The zero-order valence-electron chi connectivity index (χ0n) is 32.2. The van der Waals surface area contributed by atoms with E-state index in [1.165, 1.54) is 49.3 Å². The summed E-state index contributed by atoms with van der Waals surface area (Å²) in [5.74, 6) is 0. The molecule has 0 saturated heterocycles. The first kappa shape index (κ1) is 37.3. The number of benzene rings is 7. The van der Waals surface area contributed by atoms with E-state index < -0.39 is 0 Å². The van der Waals surface area contributed by atoms with E-state index in [1.807, 2.05) is 42.6 Å². The SMILES string of the molecule is Cc1ccccc1.NC(N)C1=CC=CCC1.NCc1ccc(-c2c(-c3ccc4c(c3)c3c5ccccc5ccc3n4-c3ccccc3)ccc3cccnc23)cc1. The fourth-order valence-electron chi connectivity index (χ4n) is 7.73. The Bertz CT molecular complexity index is 2850. The lowest BCUT2D eigenvalue weighted by Crippen LogP contribution is -2.32. The van der Waals surface area contributed by atoms with Gasteiger partial charge in [0.05, 0.1) is 22.7 Å². The molecule has 57 heavy (non-hydrogen) atoms. The highest BCUT2D eigenvalue weighted by Gasteiger charge is 2.18. The molecular weight excluding hydrogens is 695 g/mol. The molecule has 6 N–H and O–H groups in total. The van der Waals surface area contributed by atoms with Gasteiger partial charge in [0, 0.05) is 40.2 Å². The van der Waals surface area contributed by atoms with Gasteiger partial charge < -0.3 is 21.8 Å². The monoisotopic (exact) mass is 741 g/mol. The van der Waals surface area contributed by atoms with Crippen LogP contribution in [0.15, 0.2) is 194 Å². The van der Waals surface area contributed by atoms with E-state index in [-0.39, 0.29) is 6.17 Å². The van der Waals surface area contributed by atoms with E-state index in [9.17, 15) is 0 Å². The van der Waals surface area contributed by atoms with Gasteiger partial charge in [0.1, 0.15) is 0 Å². The van der Waals surface area contributed by atoms with Crippen molar-refractivity contribution in [2.24, 2.45) is 17.2 Å². The van der Waals surface area contributed by atoms with Gasteiger partial charge in [0.15, 0.2) is 0 Å². The Kier molecular flexibility index (Phi) is 11.1. The fraction of sp³-hybridized carbons (Fsp3) is 0.0962. The average molecular weight is 742 g/mol. The topological polar surface area (TPSA) is 95.9 Å². The van der Waals surface area contributed by atoms with Gasteiger partial charge in [-0.15, -0.1) is 0 Å². The lowest BCUT2D eigenvalue weighted by molar-refractivity contribution is 0.752. The van der Waals surface area contributed by atoms with E-state index in [2.05, 4.69) is 157 Å². The third-order valence-corrected chi connectivity index (χ3v) is 10.6. The number of rotatable bonds is 5. The molecular formula is C52H47N5. The van der Waals surface area contributed by atoms with E-state index >= 15 is 0 Å². The van der Waals surface area contributed by atoms with Crippen LogP contribution in [0, 0.1) is 6.92 Å². The van der Waals surface area contributed by atoms with Crippen molar-refractivity contribution < 1.29 is 0 Å². The predicted octanol–water partition coefficient (Wildman–Crippen LogP) is 11.8. The maximum atomic E-state index is 5.92. The summed E-state index contributed by atoms with van der Waals surface area (Å²) < 4.78 is 2.38. The molecule has 0 aliphatic heterocycles. The summed E-state index contributed by atoms with van der Waals surface area (Å²) >= 11 is 0. The van der Waals surface area contributed by atoms with Crippen LogP contribution < -0.4 is 17.2 Å². The maximum absolute atomic E-state index is 5.92. The first-order valence-corrected chi connectivity index (χ1v) is 19.6. The molecule has 5 heteroatoms. The molecule has 10 rings (SSSR count). The van der Waals surface area contributed by atoms with Gasteiger partial charge in [-0.3, -0.25) is 4.98 Å². The fourth-order valence-corrected chi connectivity index (χ4v) is 7.73. The Hall–Kier alpha value is -6.63. The second-order valence-electron chi connectivity index (χ2n) is 14.4. The third-order valence-electron chi connectivity index (χ3n) is 10.6. The van der Waals surface area contributed by atoms with Gasteiger partial charge in [-0.25, -0.2) is 0 Å². The summed E-state index contributed by atoms with van der Waals surface area (Å²) in [6.07, 6.45) is 9.85. The molecule has 2 aromatic heterocycles. The van der Waals surface area contributed by atoms with Crippen LogP contribution in [0.2, 0.25) is 0 Å². The number of para-hydroxylation sites is 1. The number of aryl methyl sites for hydroxylation is 1. The molecule has 0 amide bonds. The first-order valence-electron chi connectivity index (χ1n) is 19.6. The highest BCUT2D eigenvalue weighted by Crippen LogP contribution is 2.42. The molecule has 5 nitrogen and oxygen atoms in total. The van der Waals surface area contributed by atoms with Crippen LogP contribution in [0.4, 0.5) is 0 Å². The number of fused-ring (bicyclic) bond motifs is 6. The number of pyridine rings is 1. The van der Waals surface area contributed by atoms with Crippen molar-refractivity contribution in [2.45, 2.75) is 32.5 Å². The molecule has 9 aromatic rings. The van der Waals surface area contributed by atoms with Gasteiger partial charge in [-0.1, -0.05) is 151 Å². The second-order valence-corrected chi connectivity index (χ2v) is 14.4. The van der Waals surface area contributed by atoms with Gasteiger partial charge in [0.25, 0.3) is 0 Å². The lowest BCUT2D eigenvalue weighted by Gasteiger charge is -2.14. The van der Waals surface area contributed by atoms with Crippen molar-refractivity contribution in [3.8, 4) is 27.9 Å². The van der Waals surface area contributed by atoms with Crippen molar-refractivity contribution in [1.29, 1.82) is 0 Å². The van der Waals surface area contributed by atoms with E-state index in [4.69, 9.17) is 22.2 Å². The molecule has 0 radical (unpaired) electrons. The number of nitrogens with zero attached hydrogens (tertiary/aromatic N) is 2. The molecule has 2 heterocycles. The van der Waals surface area contributed by atoms with Crippen LogP contribution in [0.5, 0.6) is 0 Å². The van der Waals surface area contributed by atoms with Crippen LogP contribution in [0.25, 0.3) is 71.4 Å². The quantitative estimate of drug-likeness (QED) is 0.153. The number of allylic oxidation sites excluding steroid dienone is 3. The Morgan fingerprint density at radius 1 is 0.649 bits per heavy atom. The lowest BCUT2D eigenvalue weighted by atomic mass is 9.91. The van der Waals surface area contributed by atoms with Crippen molar-refractivity contribution in [3.63, 3.8) is 0 Å². The molecule has 0 atom stereocenters. The Balaban J connectivity index is 0.000000237. The highest BCUT2D eigenvalue weighted by atomic mass is 15.0. The zero-order chi connectivity index (χ0) is 39.1. The van der Waals surface area contributed by atoms with Crippen LogP contribution >= 0.6 is 0 Å². The molecule has 1 aliphatic carbocycles. The Morgan fingerprint density at radius 3 is 2.02 bits per heavy atom. The maximum Gasteiger partial charge on any atom is 0.0786 e. The van der Waals surface area contributed by atoms with Gasteiger partial charge in [-0.05, 0) is 94.8 Å². The smallest absolute Gasteiger partial charge is 0.0786 e. The van der Waals surface area contributed by atoms with Crippen molar-refractivity contribution >= 4 is 43.5 Å². The number of nitrogens with two attached hydrogens (primary N) is 3. The average Bonchev–Trinajstić information content (AvgIpc) is 3.61. The van der Waals surface area contributed by atoms with Crippen LogP contribution in [-0.4, -0.2) is 15.7 Å². The number of hydrogen-bond acceptors (Lipinski definition) is 4. The Morgan fingerprint density at radius 2 is 1.33 bits per heavy atom. The molecule has 280 valence electrons. The van der Waals surface area contributed by atoms with E-state index in [0.717, 1.165) is 51.7 Å². The predicted molar refractivity (Wildman–Crippen MR) is 242 cm³/mol. The molecule has 7 aromatic carbocycles. The number of aromatic nitrogens is 2. The van der Waals surface area contributed by atoms with Crippen LogP contribution in [-0.2, 0) is 6.54 Å². The summed E-state index contributed by atoms with van der Waals surface area (Å²) in [4.78, 5) is 4.85. The molecule has 1 aliphatic rings. The summed E-state index contributed by atoms with van der Waals surface area (Å²) in [6, 6.07) is 58.1. The minimum absolute atomic E-state index is 0.255. The summed E-state index contributed by atoms with van der Waals surface area (Å²) in [7, 11) is 0. The zero-order valence-corrected chi connectivity index (χ0v) is 32.2. The summed E-state index contributed by atoms with van der Waals surface area (Å²) in [6.45, 7) is 2.61. The molecule has 0 spiro atoms. The van der Waals surface area contributed by atoms with Crippen molar-refractivity contribution in [2.75, 3.05) is 0 Å². The molecule has 0 saturated carbocycles. The second kappa shape index (κ2) is 17.0. The number of hydrogen-bond donors (Lipinski definition) is 3. The van der Waals surface area contributed by atoms with Gasteiger partial charge >= 0.3 is 0 Å². The summed E-state index contributed by atoms with van der Waals surface area (Å²) in [5, 5.41) is 6.15. The van der Waals surface area contributed by atoms with E-state index in [1.54, 1.807) is 0 Å².